The van der Waals surface area contributed by atoms with Crippen LogP contribution in [0, 0.1) is 10.1 Å². The highest BCUT2D eigenvalue weighted by atomic mass is 16.9. The Morgan fingerprint density at radius 2 is 1.21 bits per heavy atom. The lowest BCUT2D eigenvalue weighted by atomic mass is 9.99. The highest BCUT2D eigenvalue weighted by molar-refractivity contribution is 5.62. The lowest BCUT2D eigenvalue weighted by Crippen LogP contribution is -2.18. The van der Waals surface area contributed by atoms with E-state index in [4.69, 9.17) is 20.1 Å². The molecule has 0 atom stereocenters. The van der Waals surface area contributed by atoms with Crippen LogP contribution in [0.2, 0.25) is 0 Å². The third-order valence-electron chi connectivity index (χ3n) is 5.64. The third-order valence-corrected chi connectivity index (χ3v) is 5.64. The molecule has 3 aliphatic heterocycles. The van der Waals surface area contributed by atoms with Gasteiger partial charge in [-0.3, -0.25) is 0 Å². The minimum atomic E-state index is -1.50. The number of ether oxygens (including phenoxy) is 1. The van der Waals surface area contributed by atoms with Crippen molar-refractivity contribution in [1.29, 1.82) is 0 Å². The Kier molecular flexibility index (Phi) is 5.23. The van der Waals surface area contributed by atoms with Crippen molar-refractivity contribution in [2.45, 2.75) is 32.1 Å². The molecule has 0 radical (unpaired) electrons. The van der Waals surface area contributed by atoms with Crippen molar-refractivity contribution in [3.05, 3.63) is 57.6 Å². The van der Waals surface area contributed by atoms with E-state index < -0.39 is 5.09 Å². The van der Waals surface area contributed by atoms with Gasteiger partial charge in [0.1, 0.15) is 11.5 Å². The van der Waals surface area contributed by atoms with Gasteiger partial charge in [0, 0.05) is 56.1 Å². The Labute approximate surface area is 164 Å². The van der Waals surface area contributed by atoms with Crippen molar-refractivity contribution < 1.29 is 15.0 Å². The van der Waals surface area contributed by atoms with Gasteiger partial charge >= 0.3 is 0 Å². The molecule has 2 fully saturated rings. The summed E-state index contributed by atoms with van der Waals surface area (Å²) in [6, 6.07) is 13.5. The van der Waals surface area contributed by atoms with Crippen molar-refractivity contribution in [2.24, 2.45) is 0 Å². The minimum Gasteiger partial charge on any atom is -0.457 e. The molecule has 0 spiro atoms. The molecule has 1 N–H and O–H groups in total. The Bertz CT molecular complexity index is 791. The van der Waals surface area contributed by atoms with Crippen LogP contribution in [0.5, 0.6) is 11.5 Å². The molecule has 3 heterocycles. The Morgan fingerprint density at radius 3 is 1.61 bits per heavy atom. The van der Waals surface area contributed by atoms with E-state index in [1.165, 1.54) is 74.4 Å². The maximum atomic E-state index is 8.36. The van der Waals surface area contributed by atoms with Crippen molar-refractivity contribution in [3.63, 3.8) is 0 Å². The van der Waals surface area contributed by atoms with Crippen molar-refractivity contribution >= 4 is 11.4 Å². The lowest BCUT2D eigenvalue weighted by molar-refractivity contribution is -0.742. The first-order valence-electron chi connectivity index (χ1n) is 9.87. The summed E-state index contributed by atoms with van der Waals surface area (Å²) in [6.45, 7) is 4.70. The van der Waals surface area contributed by atoms with Gasteiger partial charge in [-0.15, -0.1) is 10.1 Å². The molecule has 2 aromatic carbocycles. The number of hydrogen-bond acceptors (Lipinski definition) is 5. The maximum absolute atomic E-state index is 8.36. The number of benzene rings is 2. The van der Waals surface area contributed by atoms with Crippen LogP contribution in [0.3, 0.4) is 0 Å². The van der Waals surface area contributed by atoms with Gasteiger partial charge in [0.2, 0.25) is 0 Å². The monoisotopic (exact) mass is 383 g/mol. The summed E-state index contributed by atoms with van der Waals surface area (Å²) < 4.78 is 6.32. The smallest absolute Gasteiger partial charge is 0.291 e. The first kappa shape index (κ1) is 18.4. The normalized spacial score (nSPS) is 17.3. The largest absolute Gasteiger partial charge is 0.457 e. The fourth-order valence-electron chi connectivity index (χ4n) is 4.24. The quantitative estimate of drug-likeness (QED) is 0.527. The summed E-state index contributed by atoms with van der Waals surface area (Å²) in [4.78, 5) is 13.3. The van der Waals surface area contributed by atoms with E-state index in [1.807, 2.05) is 0 Å². The Hall–Kier alpha value is -2.96. The van der Waals surface area contributed by atoms with E-state index in [0.29, 0.717) is 0 Å². The molecular formula is C21H25N3O4. The zero-order valence-electron chi connectivity index (χ0n) is 15.8. The second-order valence-electron chi connectivity index (χ2n) is 7.49. The molecule has 0 amide bonds. The molecule has 2 aromatic rings. The third kappa shape index (κ3) is 3.98. The predicted octanol–water partition coefficient (Wildman–Crippen LogP) is 4.24. The summed E-state index contributed by atoms with van der Waals surface area (Å²) in [6.07, 6.45) is 6.20. The number of hydrogen-bond donors (Lipinski definition) is 1. The first-order valence-corrected chi connectivity index (χ1v) is 9.87. The van der Waals surface area contributed by atoms with Crippen LogP contribution < -0.4 is 14.5 Å². The van der Waals surface area contributed by atoms with E-state index in [9.17, 15) is 0 Å². The number of rotatable bonds is 2. The van der Waals surface area contributed by atoms with Crippen molar-refractivity contribution in [2.75, 3.05) is 36.0 Å². The SMILES string of the molecule is O=[N+]([O-])O.c1cc2c(cc1N1CCCC1)Oc1cc(N3CCCC3)ccc1C2. The van der Waals surface area contributed by atoms with E-state index in [2.05, 4.69) is 46.2 Å². The van der Waals surface area contributed by atoms with Gasteiger partial charge in [-0.1, -0.05) is 12.1 Å². The zero-order valence-corrected chi connectivity index (χ0v) is 15.8. The van der Waals surface area contributed by atoms with Crippen LogP contribution in [-0.2, 0) is 6.42 Å². The summed E-state index contributed by atoms with van der Waals surface area (Å²) in [5.41, 5.74) is 5.23. The van der Waals surface area contributed by atoms with E-state index in [-0.39, 0.29) is 0 Å². The molecule has 148 valence electrons. The van der Waals surface area contributed by atoms with Gasteiger partial charge in [0.15, 0.2) is 0 Å². The van der Waals surface area contributed by atoms with Crippen LogP contribution >= 0.6 is 0 Å². The molecule has 0 bridgehead atoms. The minimum absolute atomic E-state index is 0.977. The number of anilines is 2. The van der Waals surface area contributed by atoms with Crippen LogP contribution in [0.1, 0.15) is 36.8 Å². The van der Waals surface area contributed by atoms with Gasteiger partial charge in [-0.25, -0.2) is 0 Å². The van der Waals surface area contributed by atoms with Gasteiger partial charge in [-0.2, -0.15) is 0 Å². The van der Waals surface area contributed by atoms with Crippen LogP contribution in [-0.4, -0.2) is 36.5 Å². The van der Waals surface area contributed by atoms with Crippen LogP contribution in [0.15, 0.2) is 36.4 Å². The molecule has 0 aromatic heterocycles. The molecule has 5 rings (SSSR count). The van der Waals surface area contributed by atoms with Gasteiger partial charge in [0.25, 0.3) is 5.09 Å². The van der Waals surface area contributed by atoms with Crippen molar-refractivity contribution in [1.82, 2.24) is 0 Å². The average Bonchev–Trinajstić information content (AvgIpc) is 3.39. The topological polar surface area (TPSA) is 79.1 Å². The summed E-state index contributed by atoms with van der Waals surface area (Å²) in [5.74, 6) is 2.09. The number of nitrogens with zero attached hydrogens (tertiary/aromatic N) is 3. The van der Waals surface area contributed by atoms with Crippen LogP contribution in [0.25, 0.3) is 0 Å². The lowest BCUT2D eigenvalue weighted by Gasteiger charge is -2.25. The molecular weight excluding hydrogens is 358 g/mol. The predicted molar refractivity (Wildman–Crippen MR) is 107 cm³/mol. The Balaban J connectivity index is 0.000000442. The first-order chi connectivity index (χ1) is 13.6. The highest BCUT2D eigenvalue weighted by Gasteiger charge is 2.21. The summed E-state index contributed by atoms with van der Waals surface area (Å²) >= 11 is 0. The zero-order chi connectivity index (χ0) is 19.5. The van der Waals surface area contributed by atoms with Gasteiger partial charge in [0.05, 0.1) is 0 Å². The fourth-order valence-corrected chi connectivity index (χ4v) is 4.24. The molecule has 7 heteroatoms. The number of fused-ring (bicyclic) bond motifs is 2. The van der Waals surface area contributed by atoms with E-state index >= 15 is 0 Å². The molecule has 28 heavy (non-hydrogen) atoms. The highest BCUT2D eigenvalue weighted by Crippen LogP contribution is 2.40. The van der Waals surface area contributed by atoms with E-state index in [0.717, 1.165) is 17.9 Å². The fraction of sp³-hybridized carbons (Fsp3) is 0.429. The van der Waals surface area contributed by atoms with Gasteiger partial charge < -0.3 is 19.7 Å². The van der Waals surface area contributed by atoms with Crippen LogP contribution in [0.4, 0.5) is 11.4 Å². The Morgan fingerprint density at radius 1 is 0.821 bits per heavy atom. The summed E-state index contributed by atoms with van der Waals surface area (Å²) in [7, 11) is 0. The average molecular weight is 383 g/mol. The van der Waals surface area contributed by atoms with Gasteiger partial charge in [-0.05, 0) is 48.9 Å². The molecule has 0 unspecified atom stereocenters. The van der Waals surface area contributed by atoms with E-state index in [1.54, 1.807) is 0 Å². The standard InChI is InChI=1S/C21H24N2O.HNO3/c1-2-10-22(9-1)18-7-5-16-13-17-6-8-19(23-11-3-4-12-23)15-21(17)24-20(16)14-18;2-1(3)4/h5-8,14-15H,1-4,9-13H2;(H,2,3,4). The second kappa shape index (κ2) is 7.96. The molecule has 0 saturated carbocycles. The molecule has 0 aliphatic carbocycles. The second-order valence-corrected chi connectivity index (χ2v) is 7.49. The molecule has 3 aliphatic rings. The maximum Gasteiger partial charge on any atom is 0.291 e. The molecule has 7 nitrogen and oxygen atoms in total. The van der Waals surface area contributed by atoms with Crippen molar-refractivity contribution in [3.8, 4) is 11.5 Å². The summed E-state index contributed by atoms with van der Waals surface area (Å²) in [5, 5.41) is 13.6. The molecule has 2 saturated heterocycles.